The summed E-state index contributed by atoms with van der Waals surface area (Å²) in [4.78, 5) is 13.8. The minimum atomic E-state index is -0.122. The first-order valence-corrected chi connectivity index (χ1v) is 6.73. The lowest BCUT2D eigenvalue weighted by Gasteiger charge is -2.16. The summed E-state index contributed by atoms with van der Waals surface area (Å²) in [5.74, 6) is 0.602. The van der Waals surface area contributed by atoms with Crippen LogP contribution in [0.4, 0.5) is 0 Å². The molecule has 0 bridgehead atoms. The molecular formula is C13H24N2O2. The second-order valence-corrected chi connectivity index (χ2v) is 5.46. The summed E-state index contributed by atoms with van der Waals surface area (Å²) in [6.45, 7) is 6.18. The number of esters is 1. The molecule has 2 fully saturated rings. The minimum absolute atomic E-state index is 0.0408. The second kappa shape index (κ2) is 5.83. The number of ether oxygens (including phenoxy) is 1. The Kier molecular flexibility index (Phi) is 4.40. The van der Waals surface area contributed by atoms with Crippen LogP contribution in [0, 0.1) is 11.8 Å². The van der Waals surface area contributed by atoms with Gasteiger partial charge in [-0.2, -0.15) is 0 Å². The molecule has 2 aliphatic rings. The highest BCUT2D eigenvalue weighted by atomic mass is 16.5. The highest BCUT2D eigenvalue weighted by molar-refractivity contribution is 5.71. The molecule has 0 spiro atoms. The molecule has 1 saturated carbocycles. The van der Waals surface area contributed by atoms with Crippen molar-refractivity contribution in [3.8, 4) is 0 Å². The predicted molar refractivity (Wildman–Crippen MR) is 66.8 cm³/mol. The lowest BCUT2D eigenvalue weighted by molar-refractivity contribution is -0.144. The summed E-state index contributed by atoms with van der Waals surface area (Å²) in [5.41, 5.74) is 0. The fraction of sp³-hybridized carbons (Fsp3) is 0.923. The van der Waals surface area contributed by atoms with Gasteiger partial charge in [-0.25, -0.2) is 0 Å². The van der Waals surface area contributed by atoms with Gasteiger partial charge in [0.1, 0.15) is 0 Å². The van der Waals surface area contributed by atoms with E-state index in [0.717, 1.165) is 25.0 Å². The van der Waals surface area contributed by atoms with Gasteiger partial charge in [-0.3, -0.25) is 4.79 Å². The standard InChI is InChI=1S/C13H24N2O2/c1-10(13(16)17-2)7-14-8-11-5-6-15(9-11)12-3-4-12/h10-12,14H,3-9H2,1-2H3. The third-order valence-corrected chi connectivity index (χ3v) is 3.87. The summed E-state index contributed by atoms with van der Waals surface area (Å²) < 4.78 is 4.70. The quantitative estimate of drug-likeness (QED) is 0.700. The van der Waals surface area contributed by atoms with Crippen LogP contribution >= 0.6 is 0 Å². The maximum atomic E-state index is 11.2. The summed E-state index contributed by atoms with van der Waals surface area (Å²) in [6, 6.07) is 0.897. The minimum Gasteiger partial charge on any atom is -0.469 e. The van der Waals surface area contributed by atoms with E-state index in [4.69, 9.17) is 4.74 Å². The Morgan fingerprint density at radius 3 is 2.88 bits per heavy atom. The predicted octanol–water partition coefficient (Wildman–Crippen LogP) is 0.869. The highest BCUT2D eigenvalue weighted by Gasteiger charge is 2.34. The third-order valence-electron chi connectivity index (χ3n) is 3.87. The molecular weight excluding hydrogens is 216 g/mol. The maximum absolute atomic E-state index is 11.2. The first kappa shape index (κ1) is 12.8. The molecule has 0 aromatic carbocycles. The molecule has 0 radical (unpaired) electrons. The van der Waals surface area contributed by atoms with Crippen LogP contribution in [-0.2, 0) is 9.53 Å². The number of carbonyl (C=O) groups excluding carboxylic acids is 1. The van der Waals surface area contributed by atoms with Crippen molar-refractivity contribution < 1.29 is 9.53 Å². The Morgan fingerprint density at radius 1 is 1.47 bits per heavy atom. The monoisotopic (exact) mass is 240 g/mol. The van der Waals surface area contributed by atoms with Gasteiger partial charge in [0.25, 0.3) is 0 Å². The molecule has 2 unspecified atom stereocenters. The Balaban J connectivity index is 1.58. The van der Waals surface area contributed by atoms with Crippen LogP contribution in [0.1, 0.15) is 26.2 Å². The number of likely N-dealkylation sites (tertiary alicyclic amines) is 1. The van der Waals surface area contributed by atoms with Crippen molar-refractivity contribution in [3.63, 3.8) is 0 Å². The highest BCUT2D eigenvalue weighted by Crippen LogP contribution is 2.31. The normalized spacial score (nSPS) is 27.1. The van der Waals surface area contributed by atoms with Crippen molar-refractivity contribution in [2.75, 3.05) is 33.3 Å². The van der Waals surface area contributed by atoms with Gasteiger partial charge in [-0.15, -0.1) is 0 Å². The summed E-state index contributed by atoms with van der Waals surface area (Å²) in [7, 11) is 1.45. The Labute approximate surface area is 104 Å². The first-order valence-electron chi connectivity index (χ1n) is 6.73. The number of carbonyl (C=O) groups is 1. The third kappa shape index (κ3) is 3.68. The molecule has 0 aromatic rings. The van der Waals surface area contributed by atoms with E-state index in [9.17, 15) is 4.79 Å². The van der Waals surface area contributed by atoms with Gasteiger partial charge in [0.15, 0.2) is 0 Å². The molecule has 4 heteroatoms. The van der Waals surface area contributed by atoms with E-state index in [1.807, 2.05) is 6.92 Å². The number of nitrogens with one attached hydrogen (secondary N) is 1. The molecule has 0 aromatic heterocycles. The van der Waals surface area contributed by atoms with Gasteiger partial charge in [0.05, 0.1) is 13.0 Å². The Hall–Kier alpha value is -0.610. The first-order chi connectivity index (χ1) is 8.20. The van der Waals surface area contributed by atoms with Crippen molar-refractivity contribution in [3.05, 3.63) is 0 Å². The Morgan fingerprint density at radius 2 is 2.24 bits per heavy atom. The summed E-state index contributed by atoms with van der Waals surface area (Å²) in [5, 5.41) is 3.39. The molecule has 0 amide bonds. The largest absolute Gasteiger partial charge is 0.469 e. The van der Waals surface area contributed by atoms with Gasteiger partial charge in [0, 0.05) is 19.1 Å². The number of hydrogen-bond acceptors (Lipinski definition) is 4. The number of nitrogens with zero attached hydrogens (tertiary/aromatic N) is 1. The van der Waals surface area contributed by atoms with Gasteiger partial charge >= 0.3 is 5.97 Å². The molecule has 1 saturated heterocycles. The lowest BCUT2D eigenvalue weighted by Crippen LogP contribution is -2.32. The Bertz CT molecular complexity index is 266. The molecule has 2 rings (SSSR count). The zero-order valence-corrected chi connectivity index (χ0v) is 10.9. The maximum Gasteiger partial charge on any atom is 0.309 e. The van der Waals surface area contributed by atoms with Crippen LogP contribution in [0.5, 0.6) is 0 Å². The lowest BCUT2D eigenvalue weighted by atomic mass is 10.1. The van der Waals surface area contributed by atoms with E-state index in [1.165, 1.54) is 39.5 Å². The number of hydrogen-bond donors (Lipinski definition) is 1. The number of methoxy groups -OCH3 is 1. The zero-order valence-electron chi connectivity index (χ0n) is 10.9. The van der Waals surface area contributed by atoms with Crippen LogP contribution in [-0.4, -0.2) is 50.2 Å². The van der Waals surface area contributed by atoms with E-state index in [0.29, 0.717) is 0 Å². The van der Waals surface area contributed by atoms with Crippen molar-refractivity contribution >= 4 is 5.97 Å². The molecule has 1 N–H and O–H groups in total. The van der Waals surface area contributed by atoms with Gasteiger partial charge in [0.2, 0.25) is 0 Å². The van der Waals surface area contributed by atoms with Gasteiger partial charge < -0.3 is 15.0 Å². The van der Waals surface area contributed by atoms with Crippen LogP contribution in [0.2, 0.25) is 0 Å². The summed E-state index contributed by atoms with van der Waals surface area (Å²) >= 11 is 0. The van der Waals surface area contributed by atoms with E-state index in [-0.39, 0.29) is 11.9 Å². The van der Waals surface area contributed by atoms with Gasteiger partial charge in [-0.1, -0.05) is 6.92 Å². The van der Waals surface area contributed by atoms with Crippen molar-refractivity contribution in [1.29, 1.82) is 0 Å². The molecule has 4 nitrogen and oxygen atoms in total. The SMILES string of the molecule is COC(=O)C(C)CNCC1CCN(C2CC2)C1. The summed E-state index contributed by atoms with van der Waals surface area (Å²) in [6.07, 6.45) is 4.11. The second-order valence-electron chi connectivity index (χ2n) is 5.46. The molecule has 17 heavy (non-hydrogen) atoms. The number of rotatable bonds is 6. The topological polar surface area (TPSA) is 41.6 Å². The molecule has 98 valence electrons. The van der Waals surface area contributed by atoms with E-state index < -0.39 is 0 Å². The molecule has 1 aliphatic heterocycles. The smallest absolute Gasteiger partial charge is 0.309 e. The molecule has 2 atom stereocenters. The van der Waals surface area contributed by atoms with Crippen molar-refractivity contribution in [1.82, 2.24) is 10.2 Å². The average molecular weight is 240 g/mol. The molecule has 1 heterocycles. The zero-order chi connectivity index (χ0) is 12.3. The molecule has 1 aliphatic carbocycles. The van der Waals surface area contributed by atoms with E-state index >= 15 is 0 Å². The van der Waals surface area contributed by atoms with E-state index in [1.54, 1.807) is 0 Å². The fourth-order valence-electron chi connectivity index (χ4n) is 2.59. The average Bonchev–Trinajstić information content (AvgIpc) is 3.08. The van der Waals surface area contributed by atoms with Gasteiger partial charge in [-0.05, 0) is 38.3 Å². The van der Waals surface area contributed by atoms with Crippen molar-refractivity contribution in [2.24, 2.45) is 11.8 Å². The van der Waals surface area contributed by atoms with Crippen LogP contribution < -0.4 is 5.32 Å². The van der Waals surface area contributed by atoms with Crippen LogP contribution in [0.25, 0.3) is 0 Å². The van der Waals surface area contributed by atoms with Crippen molar-refractivity contribution in [2.45, 2.75) is 32.2 Å². The van der Waals surface area contributed by atoms with E-state index in [2.05, 4.69) is 10.2 Å². The van der Waals surface area contributed by atoms with Crippen LogP contribution in [0.3, 0.4) is 0 Å². The van der Waals surface area contributed by atoms with Crippen LogP contribution in [0.15, 0.2) is 0 Å². The fourth-order valence-corrected chi connectivity index (χ4v) is 2.59.